The van der Waals surface area contributed by atoms with E-state index in [0.29, 0.717) is 29.5 Å². The fraction of sp³-hybridized carbons (Fsp3) is 0.154. The molecular formula is C26H21ClN2O2S. The van der Waals surface area contributed by atoms with Gasteiger partial charge in [-0.25, -0.2) is 0 Å². The number of halogens is 1. The predicted molar refractivity (Wildman–Crippen MR) is 130 cm³/mol. The summed E-state index contributed by atoms with van der Waals surface area (Å²) in [6, 6.07) is 25.3. The number of rotatable bonds is 6. The fourth-order valence-electron chi connectivity index (χ4n) is 4.16. The molecule has 1 aromatic heterocycles. The maximum atomic E-state index is 12.9. The summed E-state index contributed by atoms with van der Waals surface area (Å²) < 4.78 is 0.989. The van der Waals surface area contributed by atoms with Crippen molar-refractivity contribution < 1.29 is 9.59 Å². The highest BCUT2D eigenvalue weighted by molar-refractivity contribution is 7.20. The second kappa shape index (κ2) is 8.77. The summed E-state index contributed by atoms with van der Waals surface area (Å²) in [5.74, 6) is -0.0734. The first-order valence-corrected chi connectivity index (χ1v) is 11.7. The molecule has 3 aromatic carbocycles. The lowest BCUT2D eigenvalue weighted by molar-refractivity contribution is 0.0767. The molecule has 2 heterocycles. The van der Waals surface area contributed by atoms with E-state index in [-0.39, 0.29) is 17.7 Å². The Labute approximate surface area is 195 Å². The molecule has 0 bridgehead atoms. The van der Waals surface area contributed by atoms with Gasteiger partial charge in [-0.1, -0.05) is 66.2 Å². The van der Waals surface area contributed by atoms with Gasteiger partial charge in [-0.15, -0.1) is 11.3 Å². The van der Waals surface area contributed by atoms with Gasteiger partial charge in [0, 0.05) is 40.8 Å². The standard InChI is InChI=1S/C26H21ClN2O2S/c27-21-11-10-18-12-24(32-23(18)13-21)25(30)28-14-20(17-6-2-1-3-7-17)16-29-15-19-8-4-5-9-22(19)26(29)31/h1-13,20H,14-16H2,(H,28,30)/t20-/m0/s1. The largest absolute Gasteiger partial charge is 0.351 e. The first kappa shape index (κ1) is 20.7. The summed E-state index contributed by atoms with van der Waals surface area (Å²) >= 11 is 7.51. The molecule has 2 amide bonds. The molecule has 1 N–H and O–H groups in total. The number of amides is 2. The van der Waals surface area contributed by atoms with Crippen LogP contribution in [-0.4, -0.2) is 29.8 Å². The third-order valence-electron chi connectivity index (χ3n) is 5.82. The zero-order valence-electron chi connectivity index (χ0n) is 17.3. The van der Waals surface area contributed by atoms with Gasteiger partial charge in [0.15, 0.2) is 0 Å². The van der Waals surface area contributed by atoms with Gasteiger partial charge in [0.05, 0.1) is 4.88 Å². The second-order valence-corrected chi connectivity index (χ2v) is 9.47. The van der Waals surface area contributed by atoms with Crippen LogP contribution in [0, 0.1) is 0 Å². The molecule has 0 aliphatic carbocycles. The van der Waals surface area contributed by atoms with E-state index in [1.807, 2.05) is 83.8 Å². The molecule has 0 saturated heterocycles. The number of thiophene rings is 1. The first-order chi connectivity index (χ1) is 15.6. The van der Waals surface area contributed by atoms with Gasteiger partial charge in [-0.2, -0.15) is 0 Å². The highest BCUT2D eigenvalue weighted by Crippen LogP contribution is 2.29. The molecular weight excluding hydrogens is 440 g/mol. The van der Waals surface area contributed by atoms with Gasteiger partial charge in [0.2, 0.25) is 0 Å². The Morgan fingerprint density at radius 3 is 2.62 bits per heavy atom. The number of benzene rings is 3. The van der Waals surface area contributed by atoms with Gasteiger partial charge < -0.3 is 10.2 Å². The molecule has 0 radical (unpaired) electrons. The van der Waals surface area contributed by atoms with E-state index < -0.39 is 0 Å². The summed E-state index contributed by atoms with van der Waals surface area (Å²) in [6.07, 6.45) is 0. The number of nitrogens with one attached hydrogen (secondary N) is 1. The lowest BCUT2D eigenvalue weighted by Gasteiger charge is -2.24. The van der Waals surface area contributed by atoms with Crippen LogP contribution in [0.25, 0.3) is 10.1 Å². The predicted octanol–water partition coefficient (Wildman–Crippen LogP) is 5.72. The van der Waals surface area contributed by atoms with Gasteiger partial charge >= 0.3 is 0 Å². The second-order valence-electron chi connectivity index (χ2n) is 7.95. The van der Waals surface area contributed by atoms with Crippen molar-refractivity contribution in [1.29, 1.82) is 0 Å². The monoisotopic (exact) mass is 460 g/mol. The van der Waals surface area contributed by atoms with Crippen molar-refractivity contribution in [3.63, 3.8) is 0 Å². The van der Waals surface area contributed by atoms with Crippen LogP contribution in [0.1, 0.15) is 37.1 Å². The molecule has 0 spiro atoms. The van der Waals surface area contributed by atoms with Crippen LogP contribution in [0.15, 0.2) is 78.9 Å². The Morgan fingerprint density at radius 2 is 1.81 bits per heavy atom. The zero-order valence-corrected chi connectivity index (χ0v) is 18.8. The van der Waals surface area contributed by atoms with Crippen LogP contribution in [0.2, 0.25) is 5.02 Å². The van der Waals surface area contributed by atoms with Crippen molar-refractivity contribution in [3.05, 3.63) is 105 Å². The molecule has 0 saturated carbocycles. The average Bonchev–Trinajstić information content (AvgIpc) is 3.38. The van der Waals surface area contributed by atoms with Crippen molar-refractivity contribution >= 4 is 44.8 Å². The van der Waals surface area contributed by atoms with Crippen molar-refractivity contribution in [1.82, 2.24) is 10.2 Å². The van der Waals surface area contributed by atoms with E-state index in [9.17, 15) is 9.59 Å². The van der Waals surface area contributed by atoms with E-state index >= 15 is 0 Å². The maximum Gasteiger partial charge on any atom is 0.261 e. The summed E-state index contributed by atoms with van der Waals surface area (Å²) in [7, 11) is 0. The Balaban J connectivity index is 1.32. The van der Waals surface area contributed by atoms with Crippen molar-refractivity contribution in [2.75, 3.05) is 13.1 Å². The minimum absolute atomic E-state index is 0.0118. The van der Waals surface area contributed by atoms with E-state index in [2.05, 4.69) is 5.32 Å². The number of fused-ring (bicyclic) bond motifs is 2. The summed E-state index contributed by atoms with van der Waals surface area (Å²) in [5.41, 5.74) is 2.92. The van der Waals surface area contributed by atoms with E-state index in [4.69, 9.17) is 11.6 Å². The van der Waals surface area contributed by atoms with Gasteiger partial charge in [0.1, 0.15) is 0 Å². The van der Waals surface area contributed by atoms with E-state index in [1.54, 1.807) is 0 Å². The average molecular weight is 461 g/mol. The van der Waals surface area contributed by atoms with E-state index in [1.165, 1.54) is 11.3 Å². The molecule has 1 aliphatic rings. The van der Waals surface area contributed by atoms with E-state index in [0.717, 1.165) is 26.8 Å². The molecule has 32 heavy (non-hydrogen) atoms. The molecule has 1 aliphatic heterocycles. The van der Waals surface area contributed by atoms with Crippen LogP contribution in [0.5, 0.6) is 0 Å². The summed E-state index contributed by atoms with van der Waals surface area (Å²) in [5, 5.41) is 4.75. The zero-order chi connectivity index (χ0) is 22.1. The SMILES string of the molecule is O=C(NC[C@@H](CN1Cc2ccccc2C1=O)c1ccccc1)c1cc2ccc(Cl)cc2s1. The molecule has 5 rings (SSSR count). The van der Waals surface area contributed by atoms with Crippen LogP contribution < -0.4 is 5.32 Å². The quantitative estimate of drug-likeness (QED) is 0.399. The molecule has 4 nitrogen and oxygen atoms in total. The topological polar surface area (TPSA) is 49.4 Å². The number of hydrogen-bond donors (Lipinski definition) is 1. The normalized spacial score (nSPS) is 13.9. The number of carbonyl (C=O) groups is 2. The minimum Gasteiger partial charge on any atom is -0.351 e. The van der Waals surface area contributed by atoms with Crippen LogP contribution >= 0.6 is 22.9 Å². The van der Waals surface area contributed by atoms with Crippen molar-refractivity contribution in [2.45, 2.75) is 12.5 Å². The third kappa shape index (κ3) is 4.14. The molecule has 0 fully saturated rings. The third-order valence-corrected chi connectivity index (χ3v) is 7.15. The Kier molecular flexibility index (Phi) is 5.68. The van der Waals surface area contributed by atoms with Crippen LogP contribution in [-0.2, 0) is 6.54 Å². The molecule has 1 atom stereocenters. The highest BCUT2D eigenvalue weighted by atomic mass is 35.5. The van der Waals surface area contributed by atoms with Crippen molar-refractivity contribution in [3.8, 4) is 0 Å². The van der Waals surface area contributed by atoms with Crippen LogP contribution in [0.3, 0.4) is 0 Å². The molecule has 160 valence electrons. The molecule has 6 heteroatoms. The van der Waals surface area contributed by atoms with Gasteiger partial charge in [-0.05, 0) is 40.8 Å². The highest BCUT2D eigenvalue weighted by Gasteiger charge is 2.29. The Hall–Kier alpha value is -3.15. The Bertz CT molecular complexity index is 1300. The molecule has 0 unspecified atom stereocenters. The van der Waals surface area contributed by atoms with Gasteiger partial charge in [-0.3, -0.25) is 9.59 Å². The van der Waals surface area contributed by atoms with Gasteiger partial charge in [0.25, 0.3) is 11.8 Å². The number of hydrogen-bond acceptors (Lipinski definition) is 3. The fourth-order valence-corrected chi connectivity index (χ4v) is 5.42. The summed E-state index contributed by atoms with van der Waals surface area (Å²) in [6.45, 7) is 1.58. The van der Waals surface area contributed by atoms with Crippen molar-refractivity contribution in [2.24, 2.45) is 0 Å². The summed E-state index contributed by atoms with van der Waals surface area (Å²) in [4.78, 5) is 28.3. The number of carbonyl (C=O) groups excluding carboxylic acids is 2. The number of nitrogens with zero attached hydrogens (tertiary/aromatic N) is 1. The lowest BCUT2D eigenvalue weighted by atomic mass is 9.98. The lowest BCUT2D eigenvalue weighted by Crippen LogP contribution is -2.35. The van der Waals surface area contributed by atoms with Crippen LogP contribution in [0.4, 0.5) is 0 Å². The minimum atomic E-state index is -0.112. The first-order valence-electron chi connectivity index (χ1n) is 10.5. The smallest absolute Gasteiger partial charge is 0.261 e. The Morgan fingerprint density at radius 1 is 1.03 bits per heavy atom. The molecule has 4 aromatic rings. The maximum absolute atomic E-state index is 12.9.